The second-order valence-corrected chi connectivity index (χ2v) is 9.70. The van der Waals surface area contributed by atoms with Crippen LogP contribution in [0.2, 0.25) is 0 Å². The lowest BCUT2D eigenvalue weighted by Crippen LogP contribution is -2.40. The van der Waals surface area contributed by atoms with Gasteiger partial charge in [-0.15, -0.1) is 0 Å². The van der Waals surface area contributed by atoms with Crippen molar-refractivity contribution in [3.05, 3.63) is 40.4 Å². The van der Waals surface area contributed by atoms with Gasteiger partial charge in [-0.05, 0) is 57.1 Å². The van der Waals surface area contributed by atoms with Gasteiger partial charge in [0, 0.05) is 18.3 Å². The van der Waals surface area contributed by atoms with Crippen LogP contribution in [0.4, 0.5) is 0 Å². The van der Waals surface area contributed by atoms with Crippen LogP contribution in [0, 0.1) is 12.8 Å². The fourth-order valence-corrected chi connectivity index (χ4v) is 6.17. The molecule has 0 spiro atoms. The predicted octanol–water partition coefficient (Wildman–Crippen LogP) is 5.06. The molecule has 3 rings (SSSR count). The van der Waals surface area contributed by atoms with Gasteiger partial charge in [0.15, 0.2) is 0 Å². The molecule has 0 bridgehead atoms. The average molecular weight is 362 g/mol. The molecular formula is C21H31NO2S. The first kappa shape index (κ1) is 18.5. The molecule has 0 radical (unpaired) electrons. The summed E-state index contributed by atoms with van der Waals surface area (Å²) in [5.74, 6) is 0.410. The van der Waals surface area contributed by atoms with Crippen molar-refractivity contribution in [2.45, 2.75) is 76.7 Å². The maximum absolute atomic E-state index is 13.4. The highest BCUT2D eigenvalue weighted by Crippen LogP contribution is 2.42. The van der Waals surface area contributed by atoms with Crippen LogP contribution in [0.1, 0.15) is 64.4 Å². The second-order valence-electron chi connectivity index (χ2n) is 7.73. The van der Waals surface area contributed by atoms with E-state index in [1.54, 1.807) is 12.1 Å². The van der Waals surface area contributed by atoms with E-state index in [1.165, 1.54) is 12.8 Å². The van der Waals surface area contributed by atoms with E-state index in [0.29, 0.717) is 28.2 Å². The Bertz CT molecular complexity index is 734. The number of rotatable bonds is 6. The molecule has 2 atom stereocenters. The molecule has 1 fully saturated rings. The number of allylic oxidation sites excluding steroid dienone is 2. The Kier molecular flexibility index (Phi) is 5.57. The number of benzene rings is 1. The van der Waals surface area contributed by atoms with Crippen LogP contribution < -0.4 is 0 Å². The van der Waals surface area contributed by atoms with Crippen molar-refractivity contribution in [1.29, 1.82) is 0 Å². The molecular weight excluding hydrogens is 330 g/mol. The van der Waals surface area contributed by atoms with Crippen molar-refractivity contribution < 1.29 is 8.42 Å². The number of hydrogen-bond donors (Lipinski definition) is 0. The third-order valence-electron chi connectivity index (χ3n) is 5.80. The third-order valence-corrected chi connectivity index (χ3v) is 7.75. The smallest absolute Gasteiger partial charge is 0.204 e. The summed E-state index contributed by atoms with van der Waals surface area (Å²) in [5, 5.41) is 0. The summed E-state index contributed by atoms with van der Waals surface area (Å²) >= 11 is 0. The van der Waals surface area contributed by atoms with E-state index in [4.69, 9.17) is 0 Å². The third kappa shape index (κ3) is 3.64. The summed E-state index contributed by atoms with van der Waals surface area (Å²) in [7, 11) is -3.40. The topological polar surface area (TPSA) is 37.4 Å². The molecule has 4 heteroatoms. The van der Waals surface area contributed by atoms with Crippen LogP contribution >= 0.6 is 0 Å². The van der Waals surface area contributed by atoms with Crippen LogP contribution in [0.3, 0.4) is 0 Å². The minimum atomic E-state index is -3.40. The molecule has 3 nitrogen and oxygen atoms in total. The van der Waals surface area contributed by atoms with Crippen molar-refractivity contribution in [3.8, 4) is 0 Å². The zero-order valence-electron chi connectivity index (χ0n) is 15.8. The molecule has 1 saturated heterocycles. The zero-order valence-corrected chi connectivity index (χ0v) is 16.6. The van der Waals surface area contributed by atoms with Gasteiger partial charge in [-0.1, -0.05) is 44.4 Å². The molecule has 1 aromatic carbocycles. The van der Waals surface area contributed by atoms with Crippen LogP contribution in [0.5, 0.6) is 0 Å². The lowest BCUT2D eigenvalue weighted by atomic mass is 9.91. The SMILES string of the molecule is CCCCCC1=C(S(=O)(=O)c2ccc(C)cc2)C[C@@H](C)[C@@H]2CCCN12. The normalized spacial score (nSPS) is 23.9. The number of sulfone groups is 1. The number of aryl methyl sites for hydroxylation is 1. The summed E-state index contributed by atoms with van der Waals surface area (Å²) in [6.45, 7) is 7.42. The number of fused-ring (bicyclic) bond motifs is 1. The first-order chi connectivity index (χ1) is 11.9. The van der Waals surface area contributed by atoms with E-state index in [9.17, 15) is 8.42 Å². The van der Waals surface area contributed by atoms with Gasteiger partial charge in [0.1, 0.15) is 0 Å². The van der Waals surface area contributed by atoms with Gasteiger partial charge in [0.25, 0.3) is 0 Å². The highest BCUT2D eigenvalue weighted by Gasteiger charge is 2.40. The van der Waals surface area contributed by atoms with Crippen LogP contribution in [0.25, 0.3) is 0 Å². The van der Waals surface area contributed by atoms with Crippen molar-refractivity contribution in [1.82, 2.24) is 4.90 Å². The van der Waals surface area contributed by atoms with E-state index in [0.717, 1.165) is 43.5 Å². The monoisotopic (exact) mass is 361 g/mol. The van der Waals surface area contributed by atoms with E-state index in [2.05, 4.69) is 18.7 Å². The Morgan fingerprint density at radius 1 is 1.16 bits per heavy atom. The number of hydrogen-bond acceptors (Lipinski definition) is 3. The summed E-state index contributed by atoms with van der Waals surface area (Å²) in [5.41, 5.74) is 2.21. The predicted molar refractivity (Wildman–Crippen MR) is 103 cm³/mol. The highest BCUT2D eigenvalue weighted by molar-refractivity contribution is 7.95. The van der Waals surface area contributed by atoms with Crippen molar-refractivity contribution in [2.75, 3.05) is 6.54 Å². The molecule has 0 N–H and O–H groups in total. The summed E-state index contributed by atoms with van der Waals surface area (Å²) in [6.07, 6.45) is 7.38. The Labute approximate surface area is 153 Å². The fraction of sp³-hybridized carbons (Fsp3) is 0.619. The molecule has 2 heterocycles. The lowest BCUT2D eigenvalue weighted by Gasteiger charge is -2.40. The molecule has 138 valence electrons. The standard InChI is InChI=1S/C21H31NO2S/c1-4-5-6-8-20-21(15-17(3)19-9-7-14-22(19)20)25(23,24)18-12-10-16(2)11-13-18/h10-13,17,19H,4-9,14-15H2,1-3H3/t17-,19+/m1/s1. The van der Waals surface area contributed by atoms with Crippen molar-refractivity contribution in [2.24, 2.45) is 5.92 Å². The van der Waals surface area contributed by atoms with E-state index in [1.807, 2.05) is 19.1 Å². The summed E-state index contributed by atoms with van der Waals surface area (Å²) in [6, 6.07) is 7.86. The van der Waals surface area contributed by atoms with Crippen LogP contribution in [0.15, 0.2) is 39.8 Å². The summed E-state index contributed by atoms with van der Waals surface area (Å²) < 4.78 is 26.8. The Morgan fingerprint density at radius 2 is 1.88 bits per heavy atom. The molecule has 25 heavy (non-hydrogen) atoms. The van der Waals surface area contributed by atoms with Crippen LogP contribution in [-0.2, 0) is 9.84 Å². The number of nitrogens with zero attached hydrogens (tertiary/aromatic N) is 1. The second kappa shape index (κ2) is 7.53. The largest absolute Gasteiger partial charge is 0.371 e. The summed E-state index contributed by atoms with van der Waals surface area (Å²) in [4.78, 5) is 3.58. The molecule has 0 aliphatic carbocycles. The maximum Gasteiger partial charge on any atom is 0.204 e. The minimum absolute atomic E-state index is 0.410. The van der Waals surface area contributed by atoms with Gasteiger partial charge in [-0.3, -0.25) is 0 Å². The van der Waals surface area contributed by atoms with Gasteiger partial charge < -0.3 is 4.90 Å². The van der Waals surface area contributed by atoms with Gasteiger partial charge in [-0.2, -0.15) is 0 Å². The highest BCUT2D eigenvalue weighted by atomic mass is 32.2. The van der Waals surface area contributed by atoms with Gasteiger partial charge in [0.2, 0.25) is 9.84 Å². The van der Waals surface area contributed by atoms with Crippen LogP contribution in [-0.4, -0.2) is 25.9 Å². The zero-order chi connectivity index (χ0) is 18.0. The molecule has 0 amide bonds. The molecule has 2 aliphatic rings. The maximum atomic E-state index is 13.4. The lowest BCUT2D eigenvalue weighted by molar-refractivity contribution is 0.215. The molecule has 0 saturated carbocycles. The average Bonchev–Trinajstić information content (AvgIpc) is 3.07. The van der Waals surface area contributed by atoms with Crippen molar-refractivity contribution >= 4 is 9.84 Å². The molecule has 1 aromatic rings. The minimum Gasteiger partial charge on any atom is -0.371 e. The first-order valence-electron chi connectivity index (χ1n) is 9.75. The molecule has 2 aliphatic heterocycles. The molecule has 0 aromatic heterocycles. The number of unbranched alkanes of at least 4 members (excludes halogenated alkanes) is 2. The Hall–Kier alpha value is -1.29. The van der Waals surface area contributed by atoms with Crippen molar-refractivity contribution in [3.63, 3.8) is 0 Å². The first-order valence-corrected chi connectivity index (χ1v) is 11.2. The quantitative estimate of drug-likeness (QED) is 0.664. The van der Waals surface area contributed by atoms with Gasteiger partial charge >= 0.3 is 0 Å². The van der Waals surface area contributed by atoms with E-state index in [-0.39, 0.29) is 0 Å². The molecule has 0 unspecified atom stereocenters. The fourth-order valence-electron chi connectivity index (χ4n) is 4.38. The Balaban J connectivity index is 2.03. The van der Waals surface area contributed by atoms with E-state index >= 15 is 0 Å². The Morgan fingerprint density at radius 3 is 2.56 bits per heavy atom. The van der Waals surface area contributed by atoms with Gasteiger partial charge in [0.05, 0.1) is 9.80 Å². The van der Waals surface area contributed by atoms with Gasteiger partial charge in [-0.25, -0.2) is 8.42 Å². The van der Waals surface area contributed by atoms with E-state index < -0.39 is 9.84 Å².